The van der Waals surface area contributed by atoms with E-state index >= 15 is 0 Å². The fourth-order valence-corrected chi connectivity index (χ4v) is 3.23. The second-order valence-electron chi connectivity index (χ2n) is 6.38. The quantitative estimate of drug-likeness (QED) is 0.745. The van der Waals surface area contributed by atoms with Gasteiger partial charge in [0.25, 0.3) is 0 Å². The van der Waals surface area contributed by atoms with Crippen LogP contribution in [-0.2, 0) is 9.84 Å². The molecule has 2 rings (SSSR count). The molecule has 0 fully saturated rings. The fraction of sp³-hybridized carbons (Fsp3) is 0.375. The van der Waals surface area contributed by atoms with Crippen LogP contribution in [-0.4, -0.2) is 19.7 Å². The summed E-state index contributed by atoms with van der Waals surface area (Å²) in [5.74, 6) is 0. The van der Waals surface area contributed by atoms with Gasteiger partial charge in [0.1, 0.15) is 0 Å². The summed E-state index contributed by atoms with van der Waals surface area (Å²) in [4.78, 5) is 8.13. The van der Waals surface area contributed by atoms with Crippen molar-refractivity contribution in [3.05, 3.63) is 47.7 Å². The number of hydrogen-bond donors (Lipinski definition) is 0. The van der Waals surface area contributed by atoms with Crippen molar-refractivity contribution in [2.75, 3.05) is 0 Å². The van der Waals surface area contributed by atoms with E-state index in [2.05, 4.69) is 9.98 Å². The van der Waals surface area contributed by atoms with Crippen molar-refractivity contribution in [3.63, 3.8) is 0 Å². The summed E-state index contributed by atoms with van der Waals surface area (Å²) in [6, 6.07) is 0. The Kier molecular flexibility index (Phi) is 3.89. The van der Waals surface area contributed by atoms with Crippen molar-refractivity contribution in [1.82, 2.24) is 0 Å². The minimum atomic E-state index is -3.72. The maximum absolute atomic E-state index is 12.7. The minimum absolute atomic E-state index is 0.0189. The molecular formula is C16H20N2O2S. The van der Waals surface area contributed by atoms with Gasteiger partial charge in [-0.3, -0.25) is 0 Å². The molecule has 0 saturated heterocycles. The number of allylic oxidation sites excluding steroid dienone is 5. The average Bonchev–Trinajstić information content (AvgIpc) is 2.64. The minimum Gasteiger partial charge on any atom is -0.245 e. The summed E-state index contributed by atoms with van der Waals surface area (Å²) >= 11 is 0. The maximum Gasteiger partial charge on any atom is 0.240 e. The first-order valence-corrected chi connectivity index (χ1v) is 8.25. The Hall–Kier alpha value is -1.75. The first kappa shape index (κ1) is 15.6. The second kappa shape index (κ2) is 5.22. The molecular weight excluding hydrogens is 284 g/mol. The molecule has 112 valence electrons. The number of hydrogen-bond acceptors (Lipinski definition) is 4. The first-order chi connectivity index (χ1) is 9.62. The molecule has 2 heterocycles. The molecule has 0 aromatic carbocycles. The van der Waals surface area contributed by atoms with Gasteiger partial charge in [0.2, 0.25) is 9.84 Å². The fourth-order valence-electron chi connectivity index (χ4n) is 1.91. The van der Waals surface area contributed by atoms with Gasteiger partial charge in [0.15, 0.2) is 10.1 Å². The number of aliphatic imine (C=N–C) groups is 2. The van der Waals surface area contributed by atoms with Crippen LogP contribution in [0.5, 0.6) is 0 Å². The molecule has 4 nitrogen and oxygen atoms in total. The lowest BCUT2D eigenvalue weighted by Gasteiger charge is -2.14. The van der Waals surface area contributed by atoms with Gasteiger partial charge in [0.05, 0.1) is 0 Å². The van der Waals surface area contributed by atoms with Crippen molar-refractivity contribution < 1.29 is 8.42 Å². The normalized spacial score (nSPS) is 23.2. The lowest BCUT2D eigenvalue weighted by atomic mass is 9.93. The van der Waals surface area contributed by atoms with Crippen molar-refractivity contribution in [3.8, 4) is 0 Å². The highest BCUT2D eigenvalue weighted by molar-refractivity contribution is 8.10. The molecule has 0 aliphatic carbocycles. The van der Waals surface area contributed by atoms with Gasteiger partial charge in [0, 0.05) is 23.2 Å². The topological polar surface area (TPSA) is 58.9 Å². The van der Waals surface area contributed by atoms with Crippen LogP contribution in [0.4, 0.5) is 0 Å². The molecule has 0 amide bonds. The molecule has 0 N–H and O–H groups in total. The Morgan fingerprint density at radius 3 is 2.43 bits per heavy atom. The zero-order valence-electron chi connectivity index (χ0n) is 12.7. The highest BCUT2D eigenvalue weighted by Gasteiger charge is 2.27. The van der Waals surface area contributed by atoms with E-state index in [1.807, 2.05) is 45.9 Å². The predicted molar refractivity (Wildman–Crippen MR) is 87.9 cm³/mol. The third-order valence-corrected chi connectivity index (χ3v) is 4.79. The average molecular weight is 304 g/mol. The Labute approximate surface area is 126 Å². The zero-order valence-corrected chi connectivity index (χ0v) is 13.6. The first-order valence-electron chi connectivity index (χ1n) is 6.77. The molecule has 5 heteroatoms. The van der Waals surface area contributed by atoms with E-state index in [1.54, 1.807) is 18.2 Å². The Morgan fingerprint density at radius 1 is 1.00 bits per heavy atom. The molecule has 0 aromatic rings. The van der Waals surface area contributed by atoms with Crippen LogP contribution in [0.3, 0.4) is 0 Å². The van der Waals surface area contributed by atoms with E-state index in [0.717, 1.165) is 0 Å². The highest BCUT2D eigenvalue weighted by Crippen LogP contribution is 2.28. The largest absolute Gasteiger partial charge is 0.245 e. The number of rotatable bonds is 1. The molecule has 0 radical (unpaired) electrons. The van der Waals surface area contributed by atoms with Gasteiger partial charge < -0.3 is 0 Å². The molecule has 2 aliphatic heterocycles. The van der Waals surface area contributed by atoms with Crippen molar-refractivity contribution in [2.45, 2.75) is 27.7 Å². The van der Waals surface area contributed by atoms with E-state index < -0.39 is 9.84 Å². The van der Waals surface area contributed by atoms with Crippen LogP contribution in [0.25, 0.3) is 0 Å². The number of nitrogens with zero attached hydrogens (tertiary/aromatic N) is 2. The van der Waals surface area contributed by atoms with Crippen LogP contribution in [0.1, 0.15) is 27.7 Å². The third kappa shape index (κ3) is 3.67. The lowest BCUT2D eigenvalue weighted by Crippen LogP contribution is -2.16. The summed E-state index contributed by atoms with van der Waals surface area (Å²) < 4.78 is 25.4. The van der Waals surface area contributed by atoms with Crippen molar-refractivity contribution in [2.24, 2.45) is 20.8 Å². The highest BCUT2D eigenvalue weighted by atomic mass is 32.2. The molecule has 0 saturated carbocycles. The van der Waals surface area contributed by atoms with E-state index in [9.17, 15) is 8.42 Å². The smallest absolute Gasteiger partial charge is 0.240 e. The zero-order chi connectivity index (χ0) is 15.7. The van der Waals surface area contributed by atoms with Crippen molar-refractivity contribution in [1.29, 1.82) is 0 Å². The van der Waals surface area contributed by atoms with E-state index in [1.165, 1.54) is 12.4 Å². The maximum atomic E-state index is 12.7. The van der Waals surface area contributed by atoms with Crippen LogP contribution >= 0.6 is 0 Å². The van der Waals surface area contributed by atoms with E-state index in [4.69, 9.17) is 0 Å². The molecule has 0 unspecified atom stereocenters. The number of sulfone groups is 1. The Bertz CT molecular complexity index is 715. The SMILES string of the molecule is CC1(C)C=CN=C(S(=O)(=O)C2=CC(C)(C)C=CC=N2)C=C1. The van der Waals surface area contributed by atoms with Gasteiger partial charge in [-0.25, -0.2) is 18.4 Å². The van der Waals surface area contributed by atoms with Gasteiger partial charge in [-0.05, 0) is 18.2 Å². The molecule has 0 atom stereocenters. The van der Waals surface area contributed by atoms with Crippen LogP contribution < -0.4 is 0 Å². The van der Waals surface area contributed by atoms with Crippen molar-refractivity contribution >= 4 is 21.1 Å². The van der Waals surface area contributed by atoms with Gasteiger partial charge in [-0.2, -0.15) is 0 Å². The lowest BCUT2D eigenvalue weighted by molar-refractivity contribution is 0.604. The Morgan fingerprint density at radius 2 is 1.71 bits per heavy atom. The third-order valence-electron chi connectivity index (χ3n) is 3.22. The summed E-state index contributed by atoms with van der Waals surface area (Å²) in [7, 11) is -3.72. The summed E-state index contributed by atoms with van der Waals surface area (Å²) in [5.41, 5.74) is -0.592. The van der Waals surface area contributed by atoms with Gasteiger partial charge >= 0.3 is 0 Å². The van der Waals surface area contributed by atoms with E-state index in [-0.39, 0.29) is 20.9 Å². The summed E-state index contributed by atoms with van der Waals surface area (Å²) in [5, 5.41) is 0.0550. The van der Waals surface area contributed by atoms with Gasteiger partial charge in [-0.15, -0.1) is 0 Å². The molecule has 0 spiro atoms. The summed E-state index contributed by atoms with van der Waals surface area (Å²) in [6.07, 6.45) is 13.6. The summed E-state index contributed by atoms with van der Waals surface area (Å²) in [6.45, 7) is 7.84. The van der Waals surface area contributed by atoms with Crippen LogP contribution in [0, 0.1) is 10.8 Å². The second-order valence-corrected chi connectivity index (χ2v) is 8.23. The molecule has 0 aromatic heterocycles. The predicted octanol–water partition coefficient (Wildman–Crippen LogP) is 3.42. The van der Waals surface area contributed by atoms with E-state index in [0.29, 0.717) is 0 Å². The van der Waals surface area contributed by atoms with Crippen LogP contribution in [0.2, 0.25) is 0 Å². The Balaban J connectivity index is 2.47. The molecule has 2 aliphatic rings. The van der Waals surface area contributed by atoms with Crippen LogP contribution in [0.15, 0.2) is 57.7 Å². The van der Waals surface area contributed by atoms with Gasteiger partial charge in [-0.1, -0.05) is 45.9 Å². The standard InChI is InChI=1S/C16H20N2O2S/c1-15(2)8-6-13(18-11-9-15)21(19,20)14-12-16(3,4)7-5-10-17-14/h5-12H,1-4H3. The monoisotopic (exact) mass is 304 g/mol. The molecule has 21 heavy (non-hydrogen) atoms. The molecule has 0 bridgehead atoms.